The van der Waals surface area contributed by atoms with Gasteiger partial charge in [-0.2, -0.15) is 0 Å². The Morgan fingerprint density at radius 1 is 1.30 bits per heavy atom. The quantitative estimate of drug-likeness (QED) is 0.518. The van der Waals surface area contributed by atoms with Crippen LogP contribution in [0.3, 0.4) is 0 Å². The van der Waals surface area contributed by atoms with Gasteiger partial charge in [-0.25, -0.2) is 0 Å². The summed E-state index contributed by atoms with van der Waals surface area (Å²) in [4.78, 5) is 0. The molecule has 0 amide bonds. The Kier molecular flexibility index (Phi) is 1.98. The summed E-state index contributed by atoms with van der Waals surface area (Å²) in [5.41, 5.74) is 4.63. The summed E-state index contributed by atoms with van der Waals surface area (Å²) in [6, 6.07) is 0. The van der Waals surface area contributed by atoms with Crippen molar-refractivity contribution in [3.05, 3.63) is 22.8 Å². The molecule has 0 heteroatoms. The van der Waals surface area contributed by atoms with Crippen LogP contribution in [0, 0.1) is 5.92 Å². The predicted molar refractivity (Wildman–Crippen MR) is 45.9 cm³/mol. The van der Waals surface area contributed by atoms with E-state index in [2.05, 4.69) is 33.8 Å². The number of hydrogen-bond donors (Lipinski definition) is 0. The van der Waals surface area contributed by atoms with Gasteiger partial charge >= 0.3 is 0 Å². The van der Waals surface area contributed by atoms with Gasteiger partial charge in [-0.05, 0) is 31.8 Å². The standard InChI is InChI=1S/C10H16/c1-7(2)10-6-8(3)5-9(10)4/h6-7H,5H2,1-4H3. The SMILES string of the molecule is CC1=CC(C(C)C)=C(C)C1. The monoisotopic (exact) mass is 136 g/mol. The first kappa shape index (κ1) is 7.59. The van der Waals surface area contributed by atoms with E-state index in [9.17, 15) is 0 Å². The second-order valence-electron chi connectivity index (χ2n) is 3.56. The van der Waals surface area contributed by atoms with Gasteiger partial charge in [-0.3, -0.25) is 0 Å². The fraction of sp³-hybridized carbons (Fsp3) is 0.600. The zero-order valence-corrected chi connectivity index (χ0v) is 7.36. The average Bonchev–Trinajstić information content (AvgIpc) is 2.10. The third-order valence-electron chi connectivity index (χ3n) is 2.06. The minimum atomic E-state index is 0.706. The highest BCUT2D eigenvalue weighted by atomic mass is 14.2. The van der Waals surface area contributed by atoms with Crippen molar-refractivity contribution < 1.29 is 0 Å². The molecule has 0 bridgehead atoms. The minimum absolute atomic E-state index is 0.706. The van der Waals surface area contributed by atoms with Crippen molar-refractivity contribution >= 4 is 0 Å². The Labute approximate surface area is 63.6 Å². The van der Waals surface area contributed by atoms with E-state index >= 15 is 0 Å². The van der Waals surface area contributed by atoms with E-state index in [-0.39, 0.29) is 0 Å². The second-order valence-corrected chi connectivity index (χ2v) is 3.56. The average molecular weight is 136 g/mol. The summed E-state index contributed by atoms with van der Waals surface area (Å²) in [5, 5.41) is 0. The van der Waals surface area contributed by atoms with Crippen molar-refractivity contribution in [1.82, 2.24) is 0 Å². The van der Waals surface area contributed by atoms with Gasteiger partial charge in [0.15, 0.2) is 0 Å². The van der Waals surface area contributed by atoms with E-state index in [1.807, 2.05) is 0 Å². The molecule has 0 aromatic carbocycles. The molecule has 0 nitrogen and oxygen atoms in total. The molecule has 0 atom stereocenters. The lowest BCUT2D eigenvalue weighted by Gasteiger charge is -2.04. The smallest absolute Gasteiger partial charge is 0.0105 e. The van der Waals surface area contributed by atoms with Crippen LogP contribution in [0.4, 0.5) is 0 Å². The summed E-state index contributed by atoms with van der Waals surface area (Å²) in [6.45, 7) is 8.96. The first-order chi connectivity index (χ1) is 4.61. The first-order valence-electron chi connectivity index (χ1n) is 3.98. The molecule has 1 rings (SSSR count). The van der Waals surface area contributed by atoms with E-state index in [4.69, 9.17) is 0 Å². The maximum absolute atomic E-state index is 2.33. The van der Waals surface area contributed by atoms with Crippen LogP contribution in [0.15, 0.2) is 22.8 Å². The number of hydrogen-bond acceptors (Lipinski definition) is 0. The van der Waals surface area contributed by atoms with E-state index in [1.165, 1.54) is 12.0 Å². The molecule has 0 saturated heterocycles. The summed E-state index contributed by atoms with van der Waals surface area (Å²) >= 11 is 0. The molecule has 0 spiro atoms. The highest BCUT2D eigenvalue weighted by Crippen LogP contribution is 2.28. The van der Waals surface area contributed by atoms with E-state index in [0.717, 1.165) is 0 Å². The molecule has 0 heterocycles. The highest BCUT2D eigenvalue weighted by Gasteiger charge is 2.11. The molecule has 0 aromatic rings. The molecule has 0 saturated carbocycles. The molecular formula is C10H16. The Bertz CT molecular complexity index is 192. The predicted octanol–water partition coefficient (Wildman–Crippen LogP) is 3.31. The lowest BCUT2D eigenvalue weighted by atomic mass is 10.0. The van der Waals surface area contributed by atoms with Gasteiger partial charge in [0.1, 0.15) is 0 Å². The maximum atomic E-state index is 2.33. The van der Waals surface area contributed by atoms with Gasteiger partial charge in [0, 0.05) is 0 Å². The summed E-state index contributed by atoms with van der Waals surface area (Å²) in [7, 11) is 0. The summed E-state index contributed by atoms with van der Waals surface area (Å²) < 4.78 is 0. The van der Waals surface area contributed by atoms with Crippen LogP contribution in [-0.4, -0.2) is 0 Å². The molecule has 56 valence electrons. The molecule has 10 heavy (non-hydrogen) atoms. The van der Waals surface area contributed by atoms with E-state index in [1.54, 1.807) is 11.1 Å². The van der Waals surface area contributed by atoms with Crippen molar-refractivity contribution in [2.45, 2.75) is 34.1 Å². The lowest BCUT2D eigenvalue weighted by molar-refractivity contribution is 0.783. The van der Waals surface area contributed by atoms with Crippen molar-refractivity contribution in [3.63, 3.8) is 0 Å². The third-order valence-corrected chi connectivity index (χ3v) is 2.06. The van der Waals surface area contributed by atoms with Crippen molar-refractivity contribution in [2.75, 3.05) is 0 Å². The molecule has 1 aliphatic carbocycles. The molecule has 0 fully saturated rings. The van der Waals surface area contributed by atoms with Crippen LogP contribution in [-0.2, 0) is 0 Å². The fourth-order valence-corrected chi connectivity index (χ4v) is 1.62. The number of rotatable bonds is 1. The second kappa shape index (κ2) is 2.61. The molecular weight excluding hydrogens is 120 g/mol. The van der Waals surface area contributed by atoms with Crippen LogP contribution < -0.4 is 0 Å². The topological polar surface area (TPSA) is 0 Å². The zero-order valence-electron chi connectivity index (χ0n) is 7.36. The Morgan fingerprint density at radius 3 is 2.10 bits per heavy atom. The van der Waals surface area contributed by atoms with Crippen LogP contribution in [0.5, 0.6) is 0 Å². The van der Waals surface area contributed by atoms with Crippen LogP contribution >= 0.6 is 0 Å². The van der Waals surface area contributed by atoms with Crippen molar-refractivity contribution in [3.8, 4) is 0 Å². The zero-order chi connectivity index (χ0) is 7.72. The Balaban J connectivity index is 2.82. The van der Waals surface area contributed by atoms with Gasteiger partial charge in [-0.15, -0.1) is 0 Å². The fourth-order valence-electron chi connectivity index (χ4n) is 1.62. The normalized spacial score (nSPS) is 18.7. The van der Waals surface area contributed by atoms with Crippen molar-refractivity contribution in [2.24, 2.45) is 5.92 Å². The molecule has 0 unspecified atom stereocenters. The molecule has 1 aliphatic rings. The Morgan fingerprint density at radius 2 is 1.90 bits per heavy atom. The summed E-state index contributed by atoms with van der Waals surface area (Å²) in [6.07, 6.45) is 3.54. The Hall–Kier alpha value is -0.520. The van der Waals surface area contributed by atoms with Crippen LogP contribution in [0.25, 0.3) is 0 Å². The van der Waals surface area contributed by atoms with Gasteiger partial charge in [0.2, 0.25) is 0 Å². The van der Waals surface area contributed by atoms with Gasteiger partial charge < -0.3 is 0 Å². The van der Waals surface area contributed by atoms with Crippen molar-refractivity contribution in [1.29, 1.82) is 0 Å². The minimum Gasteiger partial charge on any atom is -0.0690 e. The van der Waals surface area contributed by atoms with Crippen LogP contribution in [0.1, 0.15) is 34.1 Å². The van der Waals surface area contributed by atoms with Gasteiger partial charge in [0.05, 0.1) is 0 Å². The summed E-state index contributed by atoms with van der Waals surface area (Å²) in [5.74, 6) is 0.706. The van der Waals surface area contributed by atoms with E-state index < -0.39 is 0 Å². The van der Waals surface area contributed by atoms with E-state index in [0.29, 0.717) is 5.92 Å². The highest BCUT2D eigenvalue weighted by molar-refractivity contribution is 5.38. The lowest BCUT2D eigenvalue weighted by Crippen LogP contribution is -1.89. The number of allylic oxidation sites excluding steroid dienone is 4. The first-order valence-corrected chi connectivity index (χ1v) is 3.98. The van der Waals surface area contributed by atoms with Gasteiger partial charge in [0.25, 0.3) is 0 Å². The molecule has 0 aliphatic heterocycles. The maximum Gasteiger partial charge on any atom is -0.0105 e. The van der Waals surface area contributed by atoms with Crippen LogP contribution in [0.2, 0.25) is 0 Å². The molecule has 0 radical (unpaired) electrons. The third kappa shape index (κ3) is 1.31. The molecule has 0 aromatic heterocycles. The van der Waals surface area contributed by atoms with Gasteiger partial charge in [-0.1, -0.05) is 31.1 Å². The molecule has 0 N–H and O–H groups in total. The largest absolute Gasteiger partial charge is 0.0690 e.